The highest BCUT2D eigenvalue weighted by Gasteiger charge is 2.04. The molecule has 1 aromatic rings. The van der Waals surface area contributed by atoms with E-state index < -0.39 is 10.8 Å². The van der Waals surface area contributed by atoms with Gasteiger partial charge in [0, 0.05) is 28.3 Å². The van der Waals surface area contributed by atoms with Gasteiger partial charge in [0.2, 0.25) is 0 Å². The summed E-state index contributed by atoms with van der Waals surface area (Å²) in [6, 6.07) is 5.98. The van der Waals surface area contributed by atoms with Gasteiger partial charge in [-0.25, -0.2) is 4.39 Å². The normalized spacial score (nSPS) is 15.1. The predicted molar refractivity (Wildman–Crippen MR) is 56.8 cm³/mol. The number of hydrogen-bond donors (Lipinski definition) is 1. The predicted octanol–water partition coefficient (Wildman–Crippen LogP) is 1.42. The fraction of sp³-hybridized carbons (Fsp3) is 0.400. The summed E-state index contributed by atoms with van der Waals surface area (Å²) in [5, 5.41) is 0. The third-order valence-corrected chi connectivity index (χ3v) is 3.24. The van der Waals surface area contributed by atoms with Crippen LogP contribution in [0.5, 0.6) is 0 Å². The average molecular weight is 215 g/mol. The van der Waals surface area contributed by atoms with E-state index in [9.17, 15) is 8.60 Å². The molecule has 14 heavy (non-hydrogen) atoms. The fourth-order valence-electron chi connectivity index (χ4n) is 1.12. The second-order valence-electron chi connectivity index (χ2n) is 3.35. The first-order valence-corrected chi connectivity index (χ1v) is 5.91. The Balaban J connectivity index is 2.52. The molecule has 4 heteroatoms. The first-order valence-electron chi connectivity index (χ1n) is 4.43. The van der Waals surface area contributed by atoms with Crippen LogP contribution >= 0.6 is 0 Å². The van der Waals surface area contributed by atoms with Gasteiger partial charge in [-0.3, -0.25) is 4.21 Å². The number of hydrogen-bond acceptors (Lipinski definition) is 2. The summed E-state index contributed by atoms with van der Waals surface area (Å²) in [6.45, 7) is 1.82. The maximum Gasteiger partial charge on any atom is 0.123 e. The minimum atomic E-state index is -0.955. The SMILES string of the molecule is CC(N)CS(=O)Cc1ccc(F)cc1. The smallest absolute Gasteiger partial charge is 0.123 e. The molecule has 2 N–H and O–H groups in total. The first kappa shape index (κ1) is 11.3. The number of rotatable bonds is 4. The van der Waals surface area contributed by atoms with Crippen LogP contribution in [-0.2, 0) is 16.6 Å². The molecule has 0 bridgehead atoms. The van der Waals surface area contributed by atoms with Crippen LogP contribution in [0.3, 0.4) is 0 Å². The summed E-state index contributed by atoms with van der Waals surface area (Å²) < 4.78 is 24.0. The van der Waals surface area contributed by atoms with Crippen LogP contribution in [0.15, 0.2) is 24.3 Å². The van der Waals surface area contributed by atoms with Gasteiger partial charge in [-0.2, -0.15) is 0 Å². The van der Waals surface area contributed by atoms with Crippen LogP contribution < -0.4 is 5.73 Å². The van der Waals surface area contributed by atoms with E-state index in [1.54, 1.807) is 12.1 Å². The highest BCUT2D eigenvalue weighted by atomic mass is 32.2. The Morgan fingerprint density at radius 2 is 2.00 bits per heavy atom. The highest BCUT2D eigenvalue weighted by molar-refractivity contribution is 7.84. The summed E-state index contributed by atoms with van der Waals surface area (Å²) in [6.07, 6.45) is 0. The zero-order chi connectivity index (χ0) is 10.6. The zero-order valence-electron chi connectivity index (χ0n) is 8.07. The van der Waals surface area contributed by atoms with Crippen molar-refractivity contribution in [2.45, 2.75) is 18.7 Å². The standard InChI is InChI=1S/C10H14FNOS/c1-8(12)6-14(13)7-9-2-4-10(11)5-3-9/h2-5,8H,6-7,12H2,1H3. The van der Waals surface area contributed by atoms with Crippen molar-refractivity contribution in [3.8, 4) is 0 Å². The van der Waals surface area contributed by atoms with Crippen molar-refractivity contribution in [3.63, 3.8) is 0 Å². The molecule has 0 radical (unpaired) electrons. The van der Waals surface area contributed by atoms with Crippen molar-refractivity contribution in [2.24, 2.45) is 5.73 Å². The molecule has 2 unspecified atom stereocenters. The summed E-state index contributed by atoms with van der Waals surface area (Å²) in [4.78, 5) is 0. The van der Waals surface area contributed by atoms with Gasteiger partial charge in [0.15, 0.2) is 0 Å². The minimum absolute atomic E-state index is 0.0590. The lowest BCUT2D eigenvalue weighted by atomic mass is 10.2. The molecule has 2 nitrogen and oxygen atoms in total. The lowest BCUT2D eigenvalue weighted by Gasteiger charge is -2.05. The topological polar surface area (TPSA) is 43.1 Å². The molecule has 2 atom stereocenters. The quantitative estimate of drug-likeness (QED) is 0.825. The highest BCUT2D eigenvalue weighted by Crippen LogP contribution is 2.06. The molecular weight excluding hydrogens is 201 g/mol. The Bertz CT molecular complexity index is 310. The molecule has 1 aromatic carbocycles. The average Bonchev–Trinajstić information content (AvgIpc) is 2.07. The van der Waals surface area contributed by atoms with E-state index in [0.29, 0.717) is 11.5 Å². The summed E-state index contributed by atoms with van der Waals surface area (Å²) >= 11 is 0. The Hall–Kier alpha value is -0.740. The van der Waals surface area contributed by atoms with E-state index >= 15 is 0 Å². The van der Waals surface area contributed by atoms with E-state index in [0.717, 1.165) is 5.56 Å². The molecule has 0 aromatic heterocycles. The third kappa shape index (κ3) is 3.98. The molecule has 0 saturated carbocycles. The van der Waals surface area contributed by atoms with Crippen molar-refractivity contribution < 1.29 is 8.60 Å². The summed E-state index contributed by atoms with van der Waals surface area (Å²) in [5.41, 5.74) is 6.40. The monoisotopic (exact) mass is 215 g/mol. The second-order valence-corrected chi connectivity index (χ2v) is 4.86. The molecule has 0 spiro atoms. The molecule has 0 heterocycles. The van der Waals surface area contributed by atoms with Gasteiger partial charge in [0.1, 0.15) is 5.82 Å². The lowest BCUT2D eigenvalue weighted by molar-refractivity contribution is 0.627. The van der Waals surface area contributed by atoms with E-state index in [1.165, 1.54) is 12.1 Å². The van der Waals surface area contributed by atoms with Crippen molar-refractivity contribution in [3.05, 3.63) is 35.6 Å². The van der Waals surface area contributed by atoms with Crippen molar-refractivity contribution in [2.75, 3.05) is 5.75 Å². The molecule has 0 fully saturated rings. The minimum Gasteiger partial charge on any atom is -0.327 e. The van der Waals surface area contributed by atoms with Crippen LogP contribution in [0, 0.1) is 5.82 Å². The molecule has 0 aliphatic carbocycles. The molecule has 0 saturated heterocycles. The summed E-state index contributed by atoms with van der Waals surface area (Å²) in [7, 11) is -0.955. The van der Waals surface area contributed by atoms with Crippen molar-refractivity contribution in [1.82, 2.24) is 0 Å². The number of halogens is 1. The molecule has 0 aliphatic heterocycles. The maximum absolute atomic E-state index is 12.5. The maximum atomic E-state index is 12.5. The Labute approximate surface area is 85.8 Å². The van der Waals surface area contributed by atoms with Crippen LogP contribution in [-0.4, -0.2) is 16.0 Å². The van der Waals surface area contributed by atoms with Gasteiger partial charge in [-0.15, -0.1) is 0 Å². The van der Waals surface area contributed by atoms with Gasteiger partial charge < -0.3 is 5.73 Å². The third-order valence-electron chi connectivity index (χ3n) is 1.69. The van der Waals surface area contributed by atoms with Crippen LogP contribution in [0.25, 0.3) is 0 Å². The van der Waals surface area contributed by atoms with Gasteiger partial charge in [0.25, 0.3) is 0 Å². The molecular formula is C10H14FNOS. The Kier molecular flexibility index (Phi) is 4.22. The van der Waals surface area contributed by atoms with Crippen molar-refractivity contribution in [1.29, 1.82) is 0 Å². The second kappa shape index (κ2) is 5.22. The molecule has 78 valence electrons. The number of nitrogens with two attached hydrogens (primary N) is 1. The van der Waals surface area contributed by atoms with Crippen LogP contribution in [0.2, 0.25) is 0 Å². The lowest BCUT2D eigenvalue weighted by Crippen LogP contribution is -2.23. The van der Waals surface area contributed by atoms with E-state index in [-0.39, 0.29) is 11.9 Å². The van der Waals surface area contributed by atoms with Crippen LogP contribution in [0.1, 0.15) is 12.5 Å². The zero-order valence-corrected chi connectivity index (χ0v) is 8.89. The van der Waals surface area contributed by atoms with Crippen molar-refractivity contribution >= 4 is 10.8 Å². The fourth-order valence-corrected chi connectivity index (χ4v) is 2.39. The number of benzene rings is 1. The first-order chi connectivity index (χ1) is 6.58. The van der Waals surface area contributed by atoms with Crippen LogP contribution in [0.4, 0.5) is 4.39 Å². The molecule has 0 amide bonds. The summed E-state index contributed by atoms with van der Waals surface area (Å²) in [5.74, 6) is 0.658. The van der Waals surface area contributed by atoms with E-state index in [4.69, 9.17) is 5.73 Å². The molecule has 1 rings (SSSR count). The van der Waals surface area contributed by atoms with Gasteiger partial charge in [-0.05, 0) is 24.6 Å². The van der Waals surface area contributed by atoms with Gasteiger partial charge >= 0.3 is 0 Å². The van der Waals surface area contributed by atoms with E-state index in [2.05, 4.69) is 0 Å². The van der Waals surface area contributed by atoms with Gasteiger partial charge in [-0.1, -0.05) is 12.1 Å². The Morgan fingerprint density at radius 3 is 2.50 bits per heavy atom. The Morgan fingerprint density at radius 1 is 1.43 bits per heavy atom. The molecule has 0 aliphatic rings. The van der Waals surface area contributed by atoms with Gasteiger partial charge in [0.05, 0.1) is 0 Å². The largest absolute Gasteiger partial charge is 0.327 e. The van der Waals surface area contributed by atoms with E-state index in [1.807, 2.05) is 6.92 Å².